The summed E-state index contributed by atoms with van der Waals surface area (Å²) in [5, 5.41) is 10.6. The fourth-order valence-electron chi connectivity index (χ4n) is 1.12. The maximum absolute atomic E-state index is 11.2. The highest BCUT2D eigenvalue weighted by molar-refractivity contribution is 8.23. The van der Waals surface area contributed by atoms with Crippen molar-refractivity contribution < 1.29 is 14.7 Å². The number of thioether (sulfide) groups is 1. The largest absolute Gasteiger partial charge is 0.548 e. The first-order chi connectivity index (χ1) is 6.07. The predicted octanol–water partition coefficient (Wildman–Crippen LogP) is -0.625. The molecule has 1 rings (SSSR count). The van der Waals surface area contributed by atoms with Crippen LogP contribution in [0.15, 0.2) is 0 Å². The van der Waals surface area contributed by atoms with Crippen LogP contribution in [0, 0.1) is 0 Å². The third-order valence-electron chi connectivity index (χ3n) is 1.75. The first-order valence-corrected chi connectivity index (χ1v) is 5.17. The van der Waals surface area contributed by atoms with Crippen molar-refractivity contribution in [1.82, 2.24) is 4.90 Å². The van der Waals surface area contributed by atoms with Gasteiger partial charge in [0.15, 0.2) is 0 Å². The summed E-state index contributed by atoms with van der Waals surface area (Å²) < 4.78 is 0.334. The van der Waals surface area contributed by atoms with Gasteiger partial charge in [-0.15, -0.1) is 0 Å². The molecule has 0 aliphatic carbocycles. The van der Waals surface area contributed by atoms with E-state index in [1.54, 1.807) is 6.92 Å². The molecule has 0 aromatic heterocycles. The third kappa shape index (κ3) is 2.00. The van der Waals surface area contributed by atoms with Gasteiger partial charge in [0.2, 0.25) is 5.91 Å². The summed E-state index contributed by atoms with van der Waals surface area (Å²) in [5.74, 6) is -1.26. The summed E-state index contributed by atoms with van der Waals surface area (Å²) in [6.45, 7) is 1.68. The monoisotopic (exact) mass is 218 g/mol. The molecule has 1 aliphatic heterocycles. The number of carboxylic acids is 1. The fraction of sp³-hybridized carbons (Fsp3) is 0.571. The van der Waals surface area contributed by atoms with Crippen molar-refractivity contribution in [1.29, 1.82) is 0 Å². The highest BCUT2D eigenvalue weighted by Crippen LogP contribution is 2.22. The van der Waals surface area contributed by atoms with Crippen LogP contribution in [0.3, 0.4) is 0 Å². The first-order valence-electron chi connectivity index (χ1n) is 3.77. The van der Waals surface area contributed by atoms with Crippen molar-refractivity contribution in [2.24, 2.45) is 0 Å². The molecule has 0 unspecified atom stereocenters. The molecule has 0 saturated carbocycles. The normalized spacial score (nSPS) is 19.3. The van der Waals surface area contributed by atoms with E-state index in [1.165, 1.54) is 11.8 Å². The predicted molar refractivity (Wildman–Crippen MR) is 51.0 cm³/mol. The second-order valence-electron chi connectivity index (χ2n) is 2.56. The maximum atomic E-state index is 11.2. The van der Waals surface area contributed by atoms with E-state index in [0.717, 1.165) is 4.90 Å². The number of carboxylic acid groups (broad SMARTS) is 1. The molecule has 0 aromatic rings. The molecule has 1 amide bonds. The molecule has 4 nitrogen and oxygen atoms in total. The number of hydrogen-bond donors (Lipinski definition) is 0. The van der Waals surface area contributed by atoms with Crippen LogP contribution in [0.1, 0.15) is 13.3 Å². The van der Waals surface area contributed by atoms with E-state index in [4.69, 9.17) is 12.2 Å². The second-order valence-corrected chi connectivity index (χ2v) is 4.17. The number of carbonyl (C=O) groups excluding carboxylic acids is 2. The van der Waals surface area contributed by atoms with Gasteiger partial charge in [-0.2, -0.15) is 0 Å². The fourth-order valence-corrected chi connectivity index (χ4v) is 2.28. The number of aliphatic carboxylic acids is 1. The summed E-state index contributed by atoms with van der Waals surface area (Å²) in [6, 6.07) is -0.907. The number of rotatable bonds is 3. The molecule has 0 bridgehead atoms. The Balaban J connectivity index is 2.84. The topological polar surface area (TPSA) is 60.4 Å². The molecule has 6 heteroatoms. The maximum Gasteiger partial charge on any atom is 0.239 e. The van der Waals surface area contributed by atoms with Crippen LogP contribution in [-0.4, -0.2) is 32.9 Å². The number of hydrogen-bond acceptors (Lipinski definition) is 5. The van der Waals surface area contributed by atoms with Crippen molar-refractivity contribution in [3.63, 3.8) is 0 Å². The Labute approximate surface area is 85.3 Å². The zero-order valence-corrected chi connectivity index (χ0v) is 8.61. The number of carbonyl (C=O) groups is 2. The van der Waals surface area contributed by atoms with E-state index in [0.29, 0.717) is 10.7 Å². The van der Waals surface area contributed by atoms with Crippen LogP contribution in [-0.2, 0) is 9.59 Å². The van der Waals surface area contributed by atoms with E-state index in [-0.39, 0.29) is 11.7 Å². The van der Waals surface area contributed by atoms with Gasteiger partial charge in [0.05, 0.1) is 17.8 Å². The average molecular weight is 218 g/mol. The molecule has 1 heterocycles. The standard InChI is InChI=1S/C7H9NO3S2/c1-2-4(6(10)11)8-5(9)3-13-7(8)12/h4H,2-3H2,1H3,(H,10,11)/p-1/t4-/m0/s1. The van der Waals surface area contributed by atoms with Gasteiger partial charge < -0.3 is 9.90 Å². The molecular formula is C7H8NO3S2-. The summed E-state index contributed by atoms with van der Waals surface area (Å²) in [6.07, 6.45) is 0.314. The minimum Gasteiger partial charge on any atom is -0.548 e. The van der Waals surface area contributed by atoms with Gasteiger partial charge in [0.25, 0.3) is 0 Å². The van der Waals surface area contributed by atoms with Crippen molar-refractivity contribution in [2.75, 3.05) is 5.75 Å². The van der Waals surface area contributed by atoms with Crippen LogP contribution < -0.4 is 5.11 Å². The molecule has 0 radical (unpaired) electrons. The van der Waals surface area contributed by atoms with E-state index in [9.17, 15) is 14.7 Å². The lowest BCUT2D eigenvalue weighted by molar-refractivity contribution is -0.310. The van der Waals surface area contributed by atoms with E-state index >= 15 is 0 Å². The zero-order valence-electron chi connectivity index (χ0n) is 6.98. The smallest absolute Gasteiger partial charge is 0.239 e. The zero-order chi connectivity index (χ0) is 10.0. The Bertz CT molecular complexity index is 250. The Morgan fingerprint density at radius 3 is 2.77 bits per heavy atom. The molecular weight excluding hydrogens is 210 g/mol. The van der Waals surface area contributed by atoms with Gasteiger partial charge in [-0.25, -0.2) is 0 Å². The van der Waals surface area contributed by atoms with Gasteiger partial charge in [-0.1, -0.05) is 30.9 Å². The average Bonchev–Trinajstić information content (AvgIpc) is 2.36. The van der Waals surface area contributed by atoms with Crippen LogP contribution in [0.4, 0.5) is 0 Å². The van der Waals surface area contributed by atoms with E-state index < -0.39 is 12.0 Å². The van der Waals surface area contributed by atoms with Crippen molar-refractivity contribution in [2.45, 2.75) is 19.4 Å². The first kappa shape index (κ1) is 10.5. The molecule has 0 aromatic carbocycles. The van der Waals surface area contributed by atoms with Crippen molar-refractivity contribution >= 4 is 40.2 Å². The van der Waals surface area contributed by atoms with Gasteiger partial charge in [-0.3, -0.25) is 9.69 Å². The van der Waals surface area contributed by atoms with Gasteiger partial charge in [0.1, 0.15) is 4.32 Å². The molecule has 0 N–H and O–H groups in total. The number of thiocarbonyl (C=S) groups is 1. The lowest BCUT2D eigenvalue weighted by Crippen LogP contribution is -2.49. The number of amides is 1. The molecule has 13 heavy (non-hydrogen) atoms. The van der Waals surface area contributed by atoms with E-state index in [2.05, 4.69) is 0 Å². The van der Waals surface area contributed by atoms with E-state index in [1.807, 2.05) is 0 Å². The lowest BCUT2D eigenvalue weighted by atomic mass is 10.2. The summed E-state index contributed by atoms with van der Waals surface area (Å²) in [4.78, 5) is 23.0. The van der Waals surface area contributed by atoms with Crippen molar-refractivity contribution in [3.05, 3.63) is 0 Å². The lowest BCUT2D eigenvalue weighted by Gasteiger charge is -2.26. The van der Waals surface area contributed by atoms with Gasteiger partial charge in [-0.05, 0) is 6.42 Å². The van der Waals surface area contributed by atoms with Crippen LogP contribution in [0.25, 0.3) is 0 Å². The summed E-state index contributed by atoms with van der Waals surface area (Å²) >= 11 is 6.05. The Morgan fingerprint density at radius 2 is 2.46 bits per heavy atom. The summed E-state index contributed by atoms with van der Waals surface area (Å²) in [7, 11) is 0. The minimum atomic E-state index is -1.25. The molecule has 1 aliphatic rings. The number of nitrogens with zero attached hydrogens (tertiary/aromatic N) is 1. The Kier molecular flexibility index (Phi) is 3.27. The minimum absolute atomic E-state index is 0.239. The van der Waals surface area contributed by atoms with Crippen molar-refractivity contribution in [3.8, 4) is 0 Å². The SMILES string of the molecule is CC[C@@H](C(=O)[O-])N1C(=O)CSC1=S. The summed E-state index contributed by atoms with van der Waals surface area (Å²) in [5.41, 5.74) is 0. The molecule has 1 atom stereocenters. The Morgan fingerprint density at radius 1 is 1.85 bits per heavy atom. The Hall–Kier alpha value is -0.620. The molecule has 1 saturated heterocycles. The highest BCUT2D eigenvalue weighted by atomic mass is 32.2. The quantitative estimate of drug-likeness (QED) is 0.591. The molecule has 1 fully saturated rings. The third-order valence-corrected chi connectivity index (χ3v) is 3.14. The van der Waals surface area contributed by atoms with Crippen LogP contribution in [0.5, 0.6) is 0 Å². The van der Waals surface area contributed by atoms with Crippen LogP contribution >= 0.6 is 24.0 Å². The molecule has 72 valence electrons. The molecule has 0 spiro atoms. The van der Waals surface area contributed by atoms with Gasteiger partial charge in [0, 0.05) is 0 Å². The van der Waals surface area contributed by atoms with Gasteiger partial charge >= 0.3 is 0 Å². The highest BCUT2D eigenvalue weighted by Gasteiger charge is 2.32. The second kappa shape index (κ2) is 4.06. The van der Waals surface area contributed by atoms with Crippen LogP contribution in [0.2, 0.25) is 0 Å².